The molecular formula is C9H10N4O4. The monoisotopic (exact) mass is 238 g/mol. The number of carbonyl (C=O) groups is 1. The van der Waals surface area contributed by atoms with Gasteiger partial charge in [-0.25, -0.2) is 4.79 Å². The summed E-state index contributed by atoms with van der Waals surface area (Å²) >= 11 is 0. The summed E-state index contributed by atoms with van der Waals surface area (Å²) in [5.74, 6) is -1.40. The van der Waals surface area contributed by atoms with Gasteiger partial charge in [0.1, 0.15) is 5.36 Å². The number of benzene rings is 1. The van der Waals surface area contributed by atoms with Gasteiger partial charge in [-0.1, -0.05) is 0 Å². The number of hydrogen-bond acceptors (Lipinski definition) is 7. The van der Waals surface area contributed by atoms with Gasteiger partial charge in [-0.2, -0.15) is 10.2 Å². The summed E-state index contributed by atoms with van der Waals surface area (Å²) in [6.07, 6.45) is 0. The van der Waals surface area contributed by atoms with E-state index in [1.165, 1.54) is 14.1 Å². The van der Waals surface area contributed by atoms with E-state index in [0.29, 0.717) is 0 Å². The van der Waals surface area contributed by atoms with Crippen LogP contribution in [-0.2, 0) is 0 Å². The summed E-state index contributed by atoms with van der Waals surface area (Å²) in [5, 5.41) is 15.1. The van der Waals surface area contributed by atoms with Crippen LogP contribution in [0.3, 0.4) is 0 Å². The highest BCUT2D eigenvalue weighted by Gasteiger charge is 2.13. The van der Waals surface area contributed by atoms with E-state index in [0.717, 1.165) is 6.07 Å². The fraction of sp³-hybridized carbons (Fsp3) is 0.222. The van der Waals surface area contributed by atoms with Crippen LogP contribution < -0.4 is 32.4 Å². The van der Waals surface area contributed by atoms with Crippen molar-refractivity contribution in [2.45, 2.75) is 0 Å². The smallest absolute Gasteiger partial charge is 0.338 e. The van der Waals surface area contributed by atoms with Crippen LogP contribution in [0.5, 0.6) is 0 Å². The average molecular weight is 238 g/mol. The Balaban J connectivity index is 3.92. The van der Waals surface area contributed by atoms with Crippen LogP contribution in [-0.4, -0.2) is 25.2 Å². The predicted octanol–water partition coefficient (Wildman–Crippen LogP) is -2.95. The maximum atomic E-state index is 11.8. The van der Waals surface area contributed by atoms with Gasteiger partial charge in [-0.05, 0) is 0 Å². The second kappa shape index (κ2) is 5.01. The molecular weight excluding hydrogens is 228 g/mol. The molecule has 0 fully saturated rings. The molecule has 0 heterocycles. The van der Waals surface area contributed by atoms with E-state index in [9.17, 15) is 14.4 Å². The molecule has 0 aliphatic rings. The van der Waals surface area contributed by atoms with Gasteiger partial charge in [0, 0.05) is 20.2 Å². The van der Waals surface area contributed by atoms with Crippen molar-refractivity contribution in [3.63, 3.8) is 0 Å². The lowest BCUT2D eigenvalue weighted by molar-refractivity contribution is 0.0694. The Bertz CT molecular complexity index is 655. The minimum Gasteiger partial charge on any atom is -0.478 e. The first-order valence-corrected chi connectivity index (χ1v) is 4.56. The number of hydrogen-bond donors (Lipinski definition) is 3. The molecule has 0 spiro atoms. The molecule has 0 radical (unpaired) electrons. The molecule has 0 aliphatic heterocycles. The lowest BCUT2D eigenvalue weighted by Crippen LogP contribution is -2.51. The molecule has 1 rings (SSSR count). The molecule has 0 saturated heterocycles. The molecule has 17 heavy (non-hydrogen) atoms. The second-order valence-electron chi connectivity index (χ2n) is 2.92. The average Bonchev–Trinajstić information content (AvgIpc) is 2.27. The summed E-state index contributed by atoms with van der Waals surface area (Å²) < 4.78 is 0. The van der Waals surface area contributed by atoms with Crippen LogP contribution in [0.25, 0.3) is 0 Å². The summed E-state index contributed by atoms with van der Waals surface area (Å²) in [4.78, 5) is 34.1. The molecule has 1 aromatic rings. The zero-order valence-electron chi connectivity index (χ0n) is 9.14. The number of nitrogens with one attached hydrogen (secondary N) is 2. The Morgan fingerprint density at radius 1 is 1.18 bits per heavy atom. The van der Waals surface area contributed by atoms with E-state index in [-0.39, 0.29) is 5.36 Å². The highest BCUT2D eigenvalue weighted by molar-refractivity contribution is 5.87. The van der Waals surface area contributed by atoms with Crippen LogP contribution in [0.15, 0.2) is 25.9 Å². The van der Waals surface area contributed by atoms with Gasteiger partial charge in [0.2, 0.25) is 10.9 Å². The van der Waals surface area contributed by atoms with Crippen molar-refractivity contribution in [3.05, 3.63) is 42.8 Å². The summed E-state index contributed by atoms with van der Waals surface area (Å²) in [6.45, 7) is 0. The summed E-state index contributed by atoms with van der Waals surface area (Å²) in [7, 11) is 2.82. The minimum atomic E-state index is -1.40. The Morgan fingerprint density at radius 3 is 2.18 bits per heavy atom. The van der Waals surface area contributed by atoms with E-state index in [4.69, 9.17) is 5.11 Å². The maximum absolute atomic E-state index is 11.8. The van der Waals surface area contributed by atoms with Crippen LogP contribution in [0.1, 0.15) is 10.4 Å². The molecule has 0 aliphatic carbocycles. The number of aromatic carboxylic acids is 1. The van der Waals surface area contributed by atoms with Crippen molar-refractivity contribution in [1.82, 2.24) is 10.9 Å². The Labute approximate surface area is 94.6 Å². The van der Waals surface area contributed by atoms with Crippen molar-refractivity contribution in [2.75, 3.05) is 14.1 Å². The molecule has 1 aromatic carbocycles. The van der Waals surface area contributed by atoms with E-state index in [1.54, 1.807) is 0 Å². The van der Waals surface area contributed by atoms with Crippen LogP contribution in [0.2, 0.25) is 0 Å². The van der Waals surface area contributed by atoms with Crippen molar-refractivity contribution in [3.8, 4) is 0 Å². The van der Waals surface area contributed by atoms with E-state index in [1.807, 2.05) is 0 Å². The first-order chi connectivity index (χ1) is 8.02. The van der Waals surface area contributed by atoms with Crippen LogP contribution >= 0.6 is 0 Å². The van der Waals surface area contributed by atoms with E-state index >= 15 is 0 Å². The van der Waals surface area contributed by atoms with Gasteiger partial charge in [0.05, 0.1) is 5.56 Å². The van der Waals surface area contributed by atoms with Gasteiger partial charge in [0.15, 0.2) is 5.36 Å². The fourth-order valence-electron chi connectivity index (χ4n) is 1.22. The quantitative estimate of drug-likeness (QED) is 0.484. The first-order valence-electron chi connectivity index (χ1n) is 4.56. The van der Waals surface area contributed by atoms with Gasteiger partial charge in [-0.3, -0.25) is 9.59 Å². The largest absolute Gasteiger partial charge is 0.478 e. The van der Waals surface area contributed by atoms with Gasteiger partial charge in [0.25, 0.3) is 0 Å². The van der Waals surface area contributed by atoms with Crippen LogP contribution in [0.4, 0.5) is 0 Å². The zero-order chi connectivity index (χ0) is 13.0. The third-order valence-corrected chi connectivity index (χ3v) is 1.87. The second-order valence-corrected chi connectivity index (χ2v) is 2.92. The molecule has 0 saturated carbocycles. The van der Waals surface area contributed by atoms with Crippen molar-refractivity contribution in [2.24, 2.45) is 10.2 Å². The third kappa shape index (κ3) is 2.36. The molecule has 0 atom stereocenters. The summed E-state index contributed by atoms with van der Waals surface area (Å²) in [6, 6.07) is 0.816. The van der Waals surface area contributed by atoms with Crippen molar-refractivity contribution >= 4 is 5.97 Å². The predicted molar refractivity (Wildman–Crippen MR) is 57.6 cm³/mol. The first kappa shape index (κ1) is 12.6. The van der Waals surface area contributed by atoms with E-state index in [2.05, 4.69) is 21.1 Å². The third-order valence-electron chi connectivity index (χ3n) is 1.87. The highest BCUT2D eigenvalue weighted by atomic mass is 16.4. The van der Waals surface area contributed by atoms with Gasteiger partial charge >= 0.3 is 5.97 Å². The molecule has 0 unspecified atom stereocenters. The standard InChI is InChI=1S/C9H10N4O4/c1-10-12-6-4(9(16)17)3-5(14)7(8(6)15)13-11-2/h3,10-11H,1-2H3,(H,16,17)/b12-6?,13-7+. The number of nitrogens with zero attached hydrogens (tertiary/aromatic N) is 2. The SMILES string of the molecule is CNN=c1c(C(=O)O)cc(=O)/c(=N\NC)c1=O. The molecule has 0 bridgehead atoms. The van der Waals surface area contributed by atoms with E-state index < -0.39 is 27.7 Å². The molecule has 0 amide bonds. The molecule has 8 nitrogen and oxygen atoms in total. The number of rotatable bonds is 3. The Hall–Kier alpha value is -2.51. The summed E-state index contributed by atoms with van der Waals surface area (Å²) in [5.41, 5.74) is 2.55. The molecule has 8 heteroatoms. The van der Waals surface area contributed by atoms with Crippen molar-refractivity contribution < 1.29 is 9.90 Å². The fourth-order valence-corrected chi connectivity index (χ4v) is 1.22. The zero-order valence-corrected chi connectivity index (χ0v) is 9.14. The maximum Gasteiger partial charge on any atom is 0.338 e. The molecule has 0 aromatic heterocycles. The molecule has 3 N–H and O–H groups in total. The Kier molecular flexibility index (Phi) is 3.70. The Morgan fingerprint density at radius 2 is 1.71 bits per heavy atom. The number of carboxylic acids is 1. The topological polar surface area (TPSA) is 120 Å². The van der Waals surface area contributed by atoms with Crippen molar-refractivity contribution in [1.29, 1.82) is 0 Å². The highest BCUT2D eigenvalue weighted by Crippen LogP contribution is 1.81. The molecule has 90 valence electrons. The minimum absolute atomic E-state index is 0.353. The lowest BCUT2D eigenvalue weighted by Gasteiger charge is -1.94. The number of carboxylic acid groups (broad SMARTS) is 1. The van der Waals surface area contributed by atoms with Gasteiger partial charge in [-0.15, -0.1) is 0 Å². The normalized spacial score (nSPS) is 12.6. The lowest BCUT2D eigenvalue weighted by atomic mass is 10.2. The van der Waals surface area contributed by atoms with Gasteiger partial charge < -0.3 is 16.0 Å². The van der Waals surface area contributed by atoms with Crippen LogP contribution in [0, 0.1) is 0 Å².